The predicted molar refractivity (Wildman–Crippen MR) is 56.4 cm³/mol. The Morgan fingerprint density at radius 1 is 1.19 bits per heavy atom. The van der Waals surface area contributed by atoms with E-state index in [0.29, 0.717) is 12.2 Å². The zero-order valence-electron chi connectivity index (χ0n) is 8.63. The minimum atomic E-state index is 0.177. The average molecular weight is 214 g/mol. The van der Waals surface area contributed by atoms with Crippen LogP contribution < -0.4 is 0 Å². The summed E-state index contributed by atoms with van der Waals surface area (Å²) in [5.74, 6) is 0.842. The van der Waals surface area contributed by atoms with E-state index in [1.54, 1.807) is 29.5 Å². The molecule has 16 heavy (non-hydrogen) atoms. The van der Waals surface area contributed by atoms with Crippen molar-refractivity contribution in [1.29, 1.82) is 0 Å². The molecular weight excluding hydrogens is 204 g/mol. The van der Waals surface area contributed by atoms with E-state index in [9.17, 15) is 4.79 Å². The Morgan fingerprint density at radius 3 is 2.94 bits per heavy atom. The van der Waals surface area contributed by atoms with Gasteiger partial charge in [-0.15, -0.1) is 0 Å². The first-order chi connectivity index (χ1) is 7.86. The van der Waals surface area contributed by atoms with Gasteiger partial charge in [-0.1, -0.05) is 0 Å². The molecule has 1 aliphatic rings. The first kappa shape index (κ1) is 9.21. The number of hydrogen-bond acceptors (Lipinski definition) is 4. The van der Waals surface area contributed by atoms with E-state index < -0.39 is 0 Å². The second-order valence-corrected chi connectivity index (χ2v) is 3.76. The normalized spacial score (nSPS) is 14.9. The predicted octanol–water partition coefficient (Wildman–Crippen LogP) is 1.18. The molecule has 0 atom stereocenters. The zero-order chi connectivity index (χ0) is 11.0. The molecule has 5 nitrogen and oxygen atoms in total. The quantitative estimate of drug-likeness (QED) is 0.715. The van der Waals surface area contributed by atoms with E-state index in [4.69, 9.17) is 0 Å². The minimum Gasteiger partial charge on any atom is -0.294 e. The summed E-state index contributed by atoms with van der Waals surface area (Å²) in [5, 5.41) is 4.21. The summed E-state index contributed by atoms with van der Waals surface area (Å²) in [4.78, 5) is 19.8. The van der Waals surface area contributed by atoms with Crippen LogP contribution in [0.1, 0.15) is 28.9 Å². The third kappa shape index (κ3) is 1.32. The van der Waals surface area contributed by atoms with E-state index >= 15 is 0 Å². The highest BCUT2D eigenvalue weighted by Crippen LogP contribution is 2.22. The molecule has 0 saturated heterocycles. The molecule has 5 heteroatoms. The third-order valence-corrected chi connectivity index (χ3v) is 2.75. The van der Waals surface area contributed by atoms with Gasteiger partial charge in [0.25, 0.3) is 0 Å². The highest BCUT2D eigenvalue weighted by atomic mass is 16.1. The summed E-state index contributed by atoms with van der Waals surface area (Å²) >= 11 is 0. The largest absolute Gasteiger partial charge is 0.294 e. The van der Waals surface area contributed by atoms with Crippen LogP contribution in [0, 0.1) is 0 Å². The van der Waals surface area contributed by atoms with Crippen molar-refractivity contribution in [3.8, 4) is 5.82 Å². The lowest BCUT2D eigenvalue weighted by Crippen LogP contribution is -2.13. The molecule has 0 fully saturated rings. The molecule has 0 aliphatic heterocycles. The Balaban J connectivity index is 2.13. The van der Waals surface area contributed by atoms with Gasteiger partial charge in [0.1, 0.15) is 0 Å². The van der Waals surface area contributed by atoms with E-state index in [1.165, 1.54) is 0 Å². The van der Waals surface area contributed by atoms with Crippen LogP contribution in [0.5, 0.6) is 0 Å². The second kappa shape index (κ2) is 3.52. The molecule has 0 spiro atoms. The van der Waals surface area contributed by atoms with Crippen LogP contribution in [0.2, 0.25) is 0 Å². The maximum atomic E-state index is 11.6. The van der Waals surface area contributed by atoms with Crippen molar-refractivity contribution in [2.45, 2.75) is 19.3 Å². The number of ketones is 1. The van der Waals surface area contributed by atoms with Crippen molar-refractivity contribution >= 4 is 5.78 Å². The third-order valence-electron chi connectivity index (χ3n) is 2.75. The molecule has 2 aromatic heterocycles. The number of carbonyl (C=O) groups excluding carboxylic acids is 1. The van der Waals surface area contributed by atoms with E-state index in [2.05, 4.69) is 15.1 Å². The fourth-order valence-corrected chi connectivity index (χ4v) is 2.00. The Hall–Kier alpha value is -2.04. The molecule has 2 heterocycles. The molecule has 0 saturated carbocycles. The number of rotatable bonds is 1. The van der Waals surface area contributed by atoms with E-state index in [1.807, 2.05) is 0 Å². The fraction of sp³-hybridized carbons (Fsp3) is 0.273. The zero-order valence-corrected chi connectivity index (χ0v) is 8.63. The Bertz CT molecular complexity index is 532. The van der Waals surface area contributed by atoms with Gasteiger partial charge in [0.15, 0.2) is 11.6 Å². The monoisotopic (exact) mass is 214 g/mol. The van der Waals surface area contributed by atoms with Crippen LogP contribution >= 0.6 is 0 Å². The summed E-state index contributed by atoms with van der Waals surface area (Å²) in [6.07, 6.45) is 8.89. The number of carbonyl (C=O) groups is 1. The molecule has 0 aromatic carbocycles. The van der Waals surface area contributed by atoms with Gasteiger partial charge in [0.2, 0.25) is 0 Å². The van der Waals surface area contributed by atoms with Gasteiger partial charge in [-0.3, -0.25) is 9.78 Å². The van der Waals surface area contributed by atoms with Crippen LogP contribution in [0.3, 0.4) is 0 Å². The first-order valence-electron chi connectivity index (χ1n) is 5.23. The van der Waals surface area contributed by atoms with E-state index in [-0.39, 0.29) is 5.78 Å². The summed E-state index contributed by atoms with van der Waals surface area (Å²) in [6.45, 7) is 0. The van der Waals surface area contributed by atoms with Crippen molar-refractivity contribution in [2.24, 2.45) is 0 Å². The summed E-state index contributed by atoms with van der Waals surface area (Å²) in [7, 11) is 0. The van der Waals surface area contributed by atoms with Crippen molar-refractivity contribution in [1.82, 2.24) is 19.7 Å². The molecule has 0 amide bonds. The summed E-state index contributed by atoms with van der Waals surface area (Å²) < 4.78 is 1.71. The minimum absolute atomic E-state index is 0.177. The van der Waals surface area contributed by atoms with Gasteiger partial charge in [0, 0.05) is 18.8 Å². The van der Waals surface area contributed by atoms with Gasteiger partial charge >= 0.3 is 0 Å². The maximum absolute atomic E-state index is 11.6. The molecule has 1 aliphatic carbocycles. The molecule has 0 unspecified atom stereocenters. The van der Waals surface area contributed by atoms with Crippen LogP contribution in [-0.2, 0) is 6.42 Å². The van der Waals surface area contributed by atoms with Crippen molar-refractivity contribution in [3.63, 3.8) is 0 Å². The smallest absolute Gasteiger partial charge is 0.172 e. The standard InChI is InChI=1S/C11H10N4O/c16-10-3-1-2-9-8(10)6-14-15(9)11-7-12-4-5-13-11/h4-7H,1-3H2. The van der Waals surface area contributed by atoms with Crippen LogP contribution in [0.25, 0.3) is 5.82 Å². The van der Waals surface area contributed by atoms with Crippen molar-refractivity contribution in [2.75, 3.05) is 0 Å². The number of aromatic nitrogens is 4. The Kier molecular flexibility index (Phi) is 2.02. The second-order valence-electron chi connectivity index (χ2n) is 3.76. The number of nitrogens with zero attached hydrogens (tertiary/aromatic N) is 4. The SMILES string of the molecule is O=C1CCCc2c1cnn2-c1cnccn1. The first-order valence-corrected chi connectivity index (χ1v) is 5.23. The Morgan fingerprint density at radius 2 is 2.12 bits per heavy atom. The fourth-order valence-electron chi connectivity index (χ4n) is 2.00. The van der Waals surface area contributed by atoms with Gasteiger partial charge in [-0.25, -0.2) is 9.67 Å². The number of Topliss-reactive ketones (excluding diaryl/α,β-unsaturated/α-hetero) is 1. The summed E-state index contributed by atoms with van der Waals surface area (Å²) in [6, 6.07) is 0. The highest BCUT2D eigenvalue weighted by molar-refractivity contribution is 5.97. The van der Waals surface area contributed by atoms with Crippen LogP contribution in [-0.4, -0.2) is 25.5 Å². The molecule has 80 valence electrons. The van der Waals surface area contributed by atoms with Crippen molar-refractivity contribution < 1.29 is 4.79 Å². The average Bonchev–Trinajstić information content (AvgIpc) is 2.75. The maximum Gasteiger partial charge on any atom is 0.172 e. The van der Waals surface area contributed by atoms with Crippen molar-refractivity contribution in [3.05, 3.63) is 36.0 Å². The summed E-state index contributed by atoms with van der Waals surface area (Å²) in [5.41, 5.74) is 1.69. The lowest BCUT2D eigenvalue weighted by Gasteiger charge is -2.11. The number of hydrogen-bond donors (Lipinski definition) is 0. The lowest BCUT2D eigenvalue weighted by molar-refractivity contribution is 0.0972. The molecule has 3 rings (SSSR count). The number of fused-ring (bicyclic) bond motifs is 1. The van der Waals surface area contributed by atoms with Gasteiger partial charge < -0.3 is 0 Å². The molecule has 0 N–H and O–H groups in total. The lowest BCUT2D eigenvalue weighted by atomic mass is 9.97. The molecular formula is C11H10N4O. The molecule has 0 bridgehead atoms. The van der Waals surface area contributed by atoms with E-state index in [0.717, 1.165) is 24.1 Å². The van der Waals surface area contributed by atoms with Gasteiger partial charge in [0.05, 0.1) is 23.7 Å². The Labute approximate surface area is 92.2 Å². The molecule has 2 aromatic rings. The molecule has 0 radical (unpaired) electrons. The van der Waals surface area contributed by atoms with Gasteiger partial charge in [-0.2, -0.15) is 5.10 Å². The topological polar surface area (TPSA) is 60.7 Å². The highest BCUT2D eigenvalue weighted by Gasteiger charge is 2.22. The van der Waals surface area contributed by atoms with Crippen LogP contribution in [0.15, 0.2) is 24.8 Å². The van der Waals surface area contributed by atoms with Gasteiger partial charge in [-0.05, 0) is 12.8 Å². The van der Waals surface area contributed by atoms with Crippen LogP contribution in [0.4, 0.5) is 0 Å².